The Morgan fingerprint density at radius 3 is 2.46 bits per heavy atom. The van der Waals surface area contributed by atoms with Crippen LogP contribution in [0, 0.1) is 6.92 Å². The number of hydrogen-bond donors (Lipinski definition) is 1. The second-order valence-electron chi connectivity index (χ2n) is 4.98. The van der Waals surface area contributed by atoms with E-state index in [4.69, 9.17) is 4.74 Å². The van der Waals surface area contributed by atoms with Crippen molar-refractivity contribution >= 4 is 17.7 Å². The Morgan fingerprint density at radius 1 is 1.12 bits per heavy atom. The van der Waals surface area contributed by atoms with Crippen LogP contribution in [0.25, 0.3) is 6.08 Å². The number of amides is 1. The smallest absolute Gasteiger partial charge is 0.387 e. The van der Waals surface area contributed by atoms with Crippen molar-refractivity contribution in [2.45, 2.75) is 13.5 Å². The number of ether oxygens (including phenoxy) is 2. The zero-order chi connectivity index (χ0) is 17.5. The quantitative estimate of drug-likeness (QED) is 0.804. The molecule has 0 aliphatic heterocycles. The fourth-order valence-corrected chi connectivity index (χ4v) is 1.98. The first-order valence-electron chi connectivity index (χ1n) is 7.16. The van der Waals surface area contributed by atoms with Crippen molar-refractivity contribution in [2.24, 2.45) is 0 Å². The van der Waals surface area contributed by atoms with Crippen molar-refractivity contribution in [3.63, 3.8) is 0 Å². The van der Waals surface area contributed by atoms with Crippen LogP contribution < -0.4 is 14.8 Å². The first kappa shape index (κ1) is 17.5. The maximum Gasteiger partial charge on any atom is 0.387 e. The third-order valence-corrected chi connectivity index (χ3v) is 3.15. The molecule has 0 saturated carbocycles. The molecule has 0 atom stereocenters. The summed E-state index contributed by atoms with van der Waals surface area (Å²) in [4.78, 5) is 11.9. The van der Waals surface area contributed by atoms with E-state index in [0.717, 1.165) is 11.1 Å². The molecule has 2 rings (SSSR count). The summed E-state index contributed by atoms with van der Waals surface area (Å²) in [5.74, 6) is -0.375. The molecule has 0 unspecified atom stereocenters. The Hall–Kier alpha value is -2.89. The Balaban J connectivity index is 2.06. The average molecular weight is 333 g/mol. The average Bonchev–Trinajstić information content (AvgIpc) is 2.54. The molecule has 126 valence electrons. The monoisotopic (exact) mass is 333 g/mol. The van der Waals surface area contributed by atoms with Crippen molar-refractivity contribution in [1.29, 1.82) is 0 Å². The maximum absolute atomic E-state index is 12.4. The summed E-state index contributed by atoms with van der Waals surface area (Å²) < 4.78 is 34.1. The Labute approximate surface area is 138 Å². The molecule has 2 aromatic carbocycles. The van der Waals surface area contributed by atoms with Gasteiger partial charge in [-0.1, -0.05) is 29.8 Å². The Kier molecular flexibility index (Phi) is 5.89. The lowest BCUT2D eigenvalue weighted by Gasteiger charge is -2.11. The van der Waals surface area contributed by atoms with Gasteiger partial charge in [0.05, 0.1) is 7.11 Å². The first-order valence-corrected chi connectivity index (χ1v) is 7.16. The molecule has 4 nitrogen and oxygen atoms in total. The molecule has 0 spiro atoms. The number of hydrogen-bond acceptors (Lipinski definition) is 3. The Morgan fingerprint density at radius 2 is 1.83 bits per heavy atom. The Bertz CT molecular complexity index is 728. The van der Waals surface area contributed by atoms with Crippen LogP contribution in [-0.2, 0) is 4.79 Å². The second kappa shape index (κ2) is 8.10. The number of benzene rings is 2. The lowest BCUT2D eigenvalue weighted by atomic mass is 10.1. The topological polar surface area (TPSA) is 47.6 Å². The van der Waals surface area contributed by atoms with E-state index in [1.54, 1.807) is 6.08 Å². The molecular formula is C18H17F2NO3. The van der Waals surface area contributed by atoms with Gasteiger partial charge in [0, 0.05) is 17.8 Å². The van der Waals surface area contributed by atoms with E-state index in [2.05, 4.69) is 10.1 Å². The highest BCUT2D eigenvalue weighted by Gasteiger charge is 2.11. The van der Waals surface area contributed by atoms with Gasteiger partial charge in [-0.2, -0.15) is 8.78 Å². The summed E-state index contributed by atoms with van der Waals surface area (Å²) in [6.45, 7) is -1.01. The highest BCUT2D eigenvalue weighted by Crippen LogP contribution is 2.31. The minimum Gasteiger partial charge on any atom is -0.493 e. The molecule has 0 bridgehead atoms. The summed E-state index contributed by atoms with van der Waals surface area (Å²) in [5, 5.41) is 2.58. The number of carbonyl (C=O) groups excluding carboxylic acids is 1. The van der Waals surface area contributed by atoms with Crippen LogP contribution in [0.2, 0.25) is 0 Å². The zero-order valence-electron chi connectivity index (χ0n) is 13.3. The highest BCUT2D eigenvalue weighted by atomic mass is 19.3. The third kappa shape index (κ3) is 5.08. The summed E-state index contributed by atoms with van der Waals surface area (Å²) in [7, 11) is 1.34. The van der Waals surface area contributed by atoms with E-state index >= 15 is 0 Å². The van der Waals surface area contributed by atoms with E-state index in [1.165, 1.54) is 31.4 Å². The van der Waals surface area contributed by atoms with Gasteiger partial charge in [-0.25, -0.2) is 0 Å². The molecule has 0 aromatic heterocycles. The van der Waals surface area contributed by atoms with Crippen LogP contribution in [-0.4, -0.2) is 19.6 Å². The fourth-order valence-electron chi connectivity index (χ4n) is 1.98. The van der Waals surface area contributed by atoms with Crippen molar-refractivity contribution in [3.05, 3.63) is 59.7 Å². The van der Waals surface area contributed by atoms with Crippen molar-refractivity contribution in [1.82, 2.24) is 0 Å². The van der Waals surface area contributed by atoms with Gasteiger partial charge in [0.25, 0.3) is 0 Å². The van der Waals surface area contributed by atoms with E-state index in [9.17, 15) is 13.6 Å². The summed E-state index contributed by atoms with van der Waals surface area (Å²) in [5.41, 5.74) is 2.33. The van der Waals surface area contributed by atoms with Crippen LogP contribution in [0.5, 0.6) is 11.5 Å². The van der Waals surface area contributed by atoms with Crippen molar-refractivity contribution in [3.8, 4) is 11.5 Å². The summed E-state index contributed by atoms with van der Waals surface area (Å²) in [6, 6.07) is 11.9. The number of halogens is 2. The van der Waals surface area contributed by atoms with Crippen molar-refractivity contribution in [2.75, 3.05) is 12.4 Å². The number of aryl methyl sites for hydroxylation is 1. The standard InChI is InChI=1S/C18H17F2NO3/c1-12-3-5-13(6-4-12)7-10-17(22)21-14-8-9-15(23-2)16(11-14)24-18(19)20/h3-11,18H,1-2H3,(H,21,22)/b10-7+. The van der Waals surface area contributed by atoms with Crippen LogP contribution in [0.15, 0.2) is 48.5 Å². The number of rotatable bonds is 6. The summed E-state index contributed by atoms with van der Waals surface area (Å²) in [6.07, 6.45) is 3.03. The zero-order valence-corrected chi connectivity index (χ0v) is 13.3. The molecule has 24 heavy (non-hydrogen) atoms. The van der Waals surface area contributed by atoms with E-state index in [-0.39, 0.29) is 17.4 Å². The van der Waals surface area contributed by atoms with Gasteiger partial charge >= 0.3 is 6.61 Å². The molecule has 0 aliphatic carbocycles. The first-order chi connectivity index (χ1) is 11.5. The fraction of sp³-hybridized carbons (Fsp3) is 0.167. The molecular weight excluding hydrogens is 316 g/mol. The van der Waals surface area contributed by atoms with Gasteiger partial charge < -0.3 is 14.8 Å². The molecule has 1 amide bonds. The maximum atomic E-state index is 12.4. The predicted octanol–water partition coefficient (Wildman–Crippen LogP) is 4.26. The number of anilines is 1. The second-order valence-corrected chi connectivity index (χ2v) is 4.98. The summed E-state index contributed by atoms with van der Waals surface area (Å²) >= 11 is 0. The number of carbonyl (C=O) groups is 1. The minimum atomic E-state index is -2.98. The normalized spacial score (nSPS) is 10.9. The number of nitrogens with one attached hydrogen (secondary N) is 1. The lowest BCUT2D eigenvalue weighted by Crippen LogP contribution is -2.09. The van der Waals surface area contributed by atoms with Crippen LogP contribution >= 0.6 is 0 Å². The van der Waals surface area contributed by atoms with Crippen LogP contribution in [0.3, 0.4) is 0 Å². The number of methoxy groups -OCH3 is 1. The van der Waals surface area contributed by atoms with Crippen LogP contribution in [0.4, 0.5) is 14.5 Å². The van der Waals surface area contributed by atoms with E-state index < -0.39 is 6.61 Å². The van der Waals surface area contributed by atoms with Crippen molar-refractivity contribution < 1.29 is 23.0 Å². The van der Waals surface area contributed by atoms with Gasteiger partial charge in [0.15, 0.2) is 11.5 Å². The SMILES string of the molecule is COc1ccc(NC(=O)/C=C/c2ccc(C)cc2)cc1OC(F)F. The van der Waals surface area contributed by atoms with Gasteiger partial charge in [-0.15, -0.1) is 0 Å². The van der Waals surface area contributed by atoms with Crippen LogP contribution in [0.1, 0.15) is 11.1 Å². The van der Waals surface area contributed by atoms with Gasteiger partial charge in [0.1, 0.15) is 0 Å². The molecule has 0 saturated heterocycles. The lowest BCUT2D eigenvalue weighted by molar-refractivity contribution is -0.111. The predicted molar refractivity (Wildman–Crippen MR) is 88.5 cm³/mol. The minimum absolute atomic E-state index is 0.146. The largest absolute Gasteiger partial charge is 0.493 e. The van der Waals surface area contributed by atoms with Gasteiger partial charge in [-0.05, 0) is 30.7 Å². The molecule has 6 heteroatoms. The molecule has 0 aliphatic rings. The molecule has 1 N–H and O–H groups in total. The van der Waals surface area contributed by atoms with E-state index in [0.29, 0.717) is 5.69 Å². The van der Waals surface area contributed by atoms with E-state index in [1.807, 2.05) is 31.2 Å². The molecule has 0 fully saturated rings. The molecule has 2 aromatic rings. The van der Waals surface area contributed by atoms with Gasteiger partial charge in [-0.3, -0.25) is 4.79 Å². The highest BCUT2D eigenvalue weighted by molar-refractivity contribution is 6.02. The number of alkyl halides is 2. The molecule has 0 radical (unpaired) electrons. The molecule has 0 heterocycles. The van der Waals surface area contributed by atoms with Gasteiger partial charge in [0.2, 0.25) is 5.91 Å². The third-order valence-electron chi connectivity index (χ3n) is 3.15.